The summed E-state index contributed by atoms with van der Waals surface area (Å²) in [6.45, 7) is 0. The number of hydrogen-bond donors (Lipinski definition) is 0. The van der Waals surface area contributed by atoms with E-state index in [4.69, 9.17) is 4.74 Å². The van der Waals surface area contributed by atoms with E-state index in [2.05, 4.69) is 91.0 Å². The van der Waals surface area contributed by atoms with Gasteiger partial charge < -0.3 is 4.74 Å². The maximum absolute atomic E-state index is 7.67. The third-order valence-corrected chi connectivity index (χ3v) is 9.24. The summed E-state index contributed by atoms with van der Waals surface area (Å²) in [6, 6.07) is 32.9. The molecule has 6 atom stereocenters. The van der Waals surface area contributed by atoms with Crippen molar-refractivity contribution in [2.75, 3.05) is 0 Å². The summed E-state index contributed by atoms with van der Waals surface area (Å²) in [5.41, 5.74) is 3.30. The highest BCUT2D eigenvalue weighted by molar-refractivity contribution is 5.49. The molecule has 156 valence electrons. The van der Waals surface area contributed by atoms with Gasteiger partial charge in [-0.2, -0.15) is 0 Å². The van der Waals surface area contributed by atoms with Crippen molar-refractivity contribution in [3.05, 3.63) is 108 Å². The lowest BCUT2D eigenvalue weighted by molar-refractivity contribution is -0.142. The molecule has 7 rings (SSSR count). The van der Waals surface area contributed by atoms with Crippen LogP contribution in [0.5, 0.6) is 0 Å². The minimum Gasteiger partial charge on any atom is -0.353 e. The summed E-state index contributed by atoms with van der Waals surface area (Å²) in [6.07, 6.45) is 7.11. The van der Waals surface area contributed by atoms with Crippen molar-refractivity contribution in [2.24, 2.45) is 29.6 Å². The molecule has 1 heteroatoms. The Balaban J connectivity index is 1.42. The van der Waals surface area contributed by atoms with Crippen LogP contribution in [0.1, 0.15) is 48.8 Å². The Hall–Kier alpha value is -2.38. The smallest absolute Gasteiger partial charge is 0.144 e. The normalized spacial score (nSPS) is 35.0. The lowest BCUT2D eigenvalue weighted by Crippen LogP contribution is -2.48. The lowest BCUT2D eigenvalue weighted by atomic mass is 9.64. The number of ether oxygens (including phenoxy) is 1. The van der Waals surface area contributed by atoms with Gasteiger partial charge in [0.25, 0.3) is 0 Å². The summed E-state index contributed by atoms with van der Waals surface area (Å²) in [5, 5.41) is 0. The fourth-order valence-corrected chi connectivity index (χ4v) is 8.09. The number of hydrogen-bond acceptors (Lipinski definition) is 1. The average molecular weight is 407 g/mol. The standard InChI is InChI=1S/C30H30O/c1-4-12-21(13-5-1)29(22-14-6-2-7-15-22,23-16-8-3-9-17-23)31-30-26-20-27(30)28(30)25-19-11-10-18-24(25)26/h1-9,12-17,24-28H,10-11,18-20H2/t24-,25+,26-,27+,28-,30?/m1/s1. The van der Waals surface area contributed by atoms with E-state index in [1.54, 1.807) is 0 Å². The Morgan fingerprint density at radius 3 is 1.58 bits per heavy atom. The van der Waals surface area contributed by atoms with Crippen molar-refractivity contribution in [3.8, 4) is 0 Å². The highest BCUT2D eigenvalue weighted by atomic mass is 16.5. The number of benzene rings is 3. The summed E-state index contributed by atoms with van der Waals surface area (Å²) in [7, 11) is 0. The molecule has 3 aromatic carbocycles. The van der Waals surface area contributed by atoms with Gasteiger partial charge in [0.2, 0.25) is 0 Å². The van der Waals surface area contributed by atoms with Crippen molar-refractivity contribution in [1.29, 1.82) is 0 Å². The summed E-state index contributed by atoms with van der Waals surface area (Å²) in [5.74, 6) is 4.16. The first kappa shape index (κ1) is 18.2. The van der Waals surface area contributed by atoms with Crippen molar-refractivity contribution < 1.29 is 4.74 Å². The zero-order valence-corrected chi connectivity index (χ0v) is 18.0. The van der Waals surface area contributed by atoms with E-state index in [1.165, 1.54) is 48.8 Å². The molecule has 0 radical (unpaired) electrons. The molecule has 4 aliphatic rings. The van der Waals surface area contributed by atoms with E-state index in [9.17, 15) is 0 Å². The summed E-state index contributed by atoms with van der Waals surface area (Å²) < 4.78 is 7.67. The van der Waals surface area contributed by atoms with Crippen molar-refractivity contribution in [1.82, 2.24) is 0 Å². The Bertz CT molecular complexity index is 963. The monoisotopic (exact) mass is 406 g/mol. The van der Waals surface area contributed by atoms with E-state index in [1.807, 2.05) is 0 Å². The molecule has 0 saturated heterocycles. The van der Waals surface area contributed by atoms with Gasteiger partial charge in [0.15, 0.2) is 0 Å². The van der Waals surface area contributed by atoms with Crippen LogP contribution < -0.4 is 0 Å². The van der Waals surface area contributed by atoms with Crippen molar-refractivity contribution >= 4 is 0 Å². The predicted molar refractivity (Wildman–Crippen MR) is 124 cm³/mol. The molecule has 4 fully saturated rings. The van der Waals surface area contributed by atoms with Crippen LogP contribution in [0, 0.1) is 29.6 Å². The van der Waals surface area contributed by atoms with Gasteiger partial charge in [-0.15, -0.1) is 0 Å². The minimum atomic E-state index is -0.553. The fourth-order valence-electron chi connectivity index (χ4n) is 8.09. The molecule has 0 spiro atoms. The molecule has 4 saturated carbocycles. The van der Waals surface area contributed by atoms with E-state index in [0.717, 1.165) is 29.6 Å². The Morgan fingerprint density at radius 2 is 1.10 bits per heavy atom. The van der Waals surface area contributed by atoms with Gasteiger partial charge >= 0.3 is 0 Å². The maximum atomic E-state index is 7.67. The number of fused-ring (bicyclic) bond motifs is 4. The van der Waals surface area contributed by atoms with Gasteiger partial charge in [0, 0.05) is 0 Å². The molecule has 31 heavy (non-hydrogen) atoms. The lowest BCUT2D eigenvalue weighted by Gasteiger charge is -2.48. The first-order valence-corrected chi connectivity index (χ1v) is 12.2. The Morgan fingerprint density at radius 1 is 0.613 bits per heavy atom. The van der Waals surface area contributed by atoms with E-state index in [-0.39, 0.29) is 5.60 Å². The van der Waals surface area contributed by atoms with E-state index < -0.39 is 5.60 Å². The molecule has 0 heterocycles. The van der Waals surface area contributed by atoms with E-state index in [0.29, 0.717) is 0 Å². The summed E-state index contributed by atoms with van der Waals surface area (Å²) >= 11 is 0. The van der Waals surface area contributed by atoms with Gasteiger partial charge in [0.05, 0.1) is 5.60 Å². The second-order valence-corrected chi connectivity index (χ2v) is 10.3. The van der Waals surface area contributed by atoms with Crippen LogP contribution in [0.3, 0.4) is 0 Å². The highest BCUT2D eigenvalue weighted by Gasteiger charge is 2.86. The summed E-state index contributed by atoms with van der Waals surface area (Å²) in [4.78, 5) is 0. The highest BCUT2D eigenvalue weighted by Crippen LogP contribution is 2.84. The third-order valence-electron chi connectivity index (χ3n) is 9.24. The Kier molecular flexibility index (Phi) is 3.86. The zero-order valence-electron chi connectivity index (χ0n) is 18.0. The van der Waals surface area contributed by atoms with Crippen molar-refractivity contribution in [3.63, 3.8) is 0 Å². The molecule has 1 nitrogen and oxygen atoms in total. The first-order chi connectivity index (χ1) is 15.4. The van der Waals surface area contributed by atoms with Crippen LogP contribution in [-0.2, 0) is 10.3 Å². The van der Waals surface area contributed by atoms with Gasteiger partial charge in [-0.1, -0.05) is 104 Å². The quantitative estimate of drug-likeness (QED) is 0.422. The molecule has 0 N–H and O–H groups in total. The average Bonchev–Trinajstić information content (AvgIpc) is 3.27. The number of rotatable bonds is 5. The molecule has 0 bridgehead atoms. The van der Waals surface area contributed by atoms with Crippen LogP contribution in [0.15, 0.2) is 91.0 Å². The van der Waals surface area contributed by atoms with Gasteiger partial charge in [-0.3, -0.25) is 0 Å². The first-order valence-electron chi connectivity index (χ1n) is 12.2. The third kappa shape index (κ3) is 2.31. The molecule has 0 aromatic heterocycles. The molecule has 3 aromatic rings. The second kappa shape index (κ2) is 6.56. The molecule has 1 unspecified atom stereocenters. The van der Waals surface area contributed by atoms with Crippen LogP contribution in [0.25, 0.3) is 0 Å². The topological polar surface area (TPSA) is 9.23 Å². The molecular weight excluding hydrogens is 376 g/mol. The SMILES string of the molecule is c1ccc(C(OC23[C@@H]4[C@H]5CCCC[C@H]5[C@H]2C[C@@H]43)(c2ccccc2)c2ccccc2)cc1. The van der Waals surface area contributed by atoms with Crippen LogP contribution in [0.4, 0.5) is 0 Å². The van der Waals surface area contributed by atoms with Crippen LogP contribution >= 0.6 is 0 Å². The molecule has 0 amide bonds. The van der Waals surface area contributed by atoms with E-state index >= 15 is 0 Å². The predicted octanol–water partition coefficient (Wildman–Crippen LogP) is 6.82. The fraction of sp³-hybridized carbons (Fsp3) is 0.400. The minimum absolute atomic E-state index is 0.0984. The van der Waals surface area contributed by atoms with Gasteiger partial charge in [-0.25, -0.2) is 0 Å². The maximum Gasteiger partial charge on any atom is 0.144 e. The van der Waals surface area contributed by atoms with Crippen LogP contribution in [-0.4, -0.2) is 5.60 Å². The largest absolute Gasteiger partial charge is 0.353 e. The zero-order chi connectivity index (χ0) is 20.5. The molecular formula is C30H30O. The van der Waals surface area contributed by atoms with Gasteiger partial charge in [0.1, 0.15) is 5.60 Å². The van der Waals surface area contributed by atoms with Crippen LogP contribution in [0.2, 0.25) is 0 Å². The molecule has 4 aliphatic carbocycles. The molecule has 0 aliphatic heterocycles. The second-order valence-electron chi connectivity index (χ2n) is 10.3. The van der Waals surface area contributed by atoms with Crippen molar-refractivity contribution in [2.45, 2.75) is 43.3 Å². The van der Waals surface area contributed by atoms with Gasteiger partial charge in [-0.05, 0) is 65.5 Å². The Labute approximate surface area is 185 Å².